The van der Waals surface area contributed by atoms with Gasteiger partial charge in [-0.15, -0.1) is 6.42 Å². The van der Waals surface area contributed by atoms with Crippen molar-refractivity contribution in [3.8, 4) is 12.3 Å². The zero-order chi connectivity index (χ0) is 10.4. The van der Waals surface area contributed by atoms with Gasteiger partial charge in [0.25, 0.3) is 0 Å². The van der Waals surface area contributed by atoms with Crippen LogP contribution >= 0.6 is 0 Å². The zero-order valence-corrected chi connectivity index (χ0v) is 8.68. The van der Waals surface area contributed by atoms with Crippen LogP contribution in [0, 0.1) is 18.3 Å². The van der Waals surface area contributed by atoms with Crippen molar-refractivity contribution < 1.29 is 4.79 Å². The van der Waals surface area contributed by atoms with Crippen molar-refractivity contribution in [3.63, 3.8) is 0 Å². The maximum atomic E-state index is 11.3. The van der Waals surface area contributed by atoms with Gasteiger partial charge in [-0.1, -0.05) is 12.3 Å². The Hall–Kier alpha value is -1.01. The minimum Gasteiger partial charge on any atom is -0.352 e. The fourth-order valence-corrected chi connectivity index (χ4v) is 1.61. The molecule has 1 aliphatic rings. The second kappa shape index (κ2) is 5.66. The molecule has 0 aromatic heterocycles. The van der Waals surface area contributed by atoms with E-state index in [0.717, 1.165) is 0 Å². The van der Waals surface area contributed by atoms with E-state index < -0.39 is 0 Å². The Morgan fingerprint density at radius 3 is 2.86 bits per heavy atom. The van der Waals surface area contributed by atoms with E-state index in [4.69, 9.17) is 6.42 Å². The van der Waals surface area contributed by atoms with E-state index in [1.807, 2.05) is 0 Å². The Bertz CT molecular complexity index is 228. The molecule has 0 spiro atoms. The molecule has 0 heterocycles. The van der Waals surface area contributed by atoms with Gasteiger partial charge in [0.1, 0.15) is 0 Å². The summed E-state index contributed by atoms with van der Waals surface area (Å²) in [5.74, 6) is 3.16. The molecule has 1 aliphatic carbocycles. The van der Waals surface area contributed by atoms with Crippen molar-refractivity contribution in [2.75, 3.05) is 13.1 Å². The average molecular weight is 194 g/mol. The second-order valence-corrected chi connectivity index (χ2v) is 3.85. The van der Waals surface area contributed by atoms with Gasteiger partial charge < -0.3 is 5.32 Å². The summed E-state index contributed by atoms with van der Waals surface area (Å²) >= 11 is 0. The SMILES string of the molecule is C#CCNCC(=O)NC(C)C1CCC1. The van der Waals surface area contributed by atoms with E-state index in [9.17, 15) is 4.79 Å². The summed E-state index contributed by atoms with van der Waals surface area (Å²) in [4.78, 5) is 11.3. The first kappa shape index (κ1) is 11.1. The van der Waals surface area contributed by atoms with Gasteiger partial charge in [0.15, 0.2) is 0 Å². The van der Waals surface area contributed by atoms with Gasteiger partial charge in [0, 0.05) is 6.04 Å². The predicted octanol–water partition coefficient (Wildman–Crippen LogP) is 0.514. The van der Waals surface area contributed by atoms with Crippen molar-refractivity contribution in [2.45, 2.75) is 32.2 Å². The lowest BCUT2D eigenvalue weighted by molar-refractivity contribution is -0.121. The Morgan fingerprint density at radius 1 is 1.64 bits per heavy atom. The number of hydrogen-bond donors (Lipinski definition) is 2. The topological polar surface area (TPSA) is 41.1 Å². The van der Waals surface area contributed by atoms with Crippen LogP contribution in [0.25, 0.3) is 0 Å². The van der Waals surface area contributed by atoms with E-state index in [2.05, 4.69) is 23.5 Å². The normalized spacial score (nSPS) is 18.0. The Balaban J connectivity index is 2.09. The van der Waals surface area contributed by atoms with Crippen LogP contribution in [-0.4, -0.2) is 25.0 Å². The lowest BCUT2D eigenvalue weighted by Gasteiger charge is -2.31. The van der Waals surface area contributed by atoms with Crippen LogP contribution in [0.2, 0.25) is 0 Å². The first-order valence-electron chi connectivity index (χ1n) is 5.17. The second-order valence-electron chi connectivity index (χ2n) is 3.85. The number of hydrogen-bond acceptors (Lipinski definition) is 2. The summed E-state index contributed by atoms with van der Waals surface area (Å²) in [6.07, 6.45) is 8.85. The molecule has 0 aromatic carbocycles. The fraction of sp³-hybridized carbons (Fsp3) is 0.727. The number of carbonyl (C=O) groups excluding carboxylic acids is 1. The summed E-state index contributed by atoms with van der Waals surface area (Å²) in [5, 5.41) is 5.84. The predicted molar refractivity (Wildman–Crippen MR) is 56.6 cm³/mol. The average Bonchev–Trinajstić information content (AvgIpc) is 2.00. The third-order valence-corrected chi connectivity index (χ3v) is 2.76. The number of carbonyl (C=O) groups is 1. The quantitative estimate of drug-likeness (QED) is 0.494. The highest BCUT2D eigenvalue weighted by Crippen LogP contribution is 2.29. The highest BCUT2D eigenvalue weighted by atomic mass is 16.1. The minimum atomic E-state index is 0.0413. The molecule has 1 saturated carbocycles. The van der Waals surface area contributed by atoms with Crippen LogP contribution in [0.15, 0.2) is 0 Å². The van der Waals surface area contributed by atoms with Crippen LogP contribution in [0.1, 0.15) is 26.2 Å². The summed E-state index contributed by atoms with van der Waals surface area (Å²) in [7, 11) is 0. The minimum absolute atomic E-state index is 0.0413. The molecule has 1 fully saturated rings. The van der Waals surface area contributed by atoms with Crippen LogP contribution in [0.5, 0.6) is 0 Å². The van der Waals surface area contributed by atoms with Crippen LogP contribution in [-0.2, 0) is 4.79 Å². The summed E-state index contributed by atoms with van der Waals surface area (Å²) in [5.41, 5.74) is 0. The van der Waals surface area contributed by atoms with Gasteiger partial charge in [0.2, 0.25) is 5.91 Å². The van der Waals surface area contributed by atoms with Crippen molar-refractivity contribution in [3.05, 3.63) is 0 Å². The molecular formula is C11H18N2O. The molecule has 2 N–H and O–H groups in total. The lowest BCUT2D eigenvalue weighted by atomic mass is 9.80. The molecule has 0 bridgehead atoms. The molecule has 1 atom stereocenters. The molecule has 1 rings (SSSR count). The van der Waals surface area contributed by atoms with Crippen molar-refractivity contribution in [1.29, 1.82) is 0 Å². The fourth-order valence-electron chi connectivity index (χ4n) is 1.61. The van der Waals surface area contributed by atoms with Gasteiger partial charge in [-0.05, 0) is 25.7 Å². The highest BCUT2D eigenvalue weighted by molar-refractivity contribution is 5.78. The first-order valence-corrected chi connectivity index (χ1v) is 5.17. The molecule has 78 valence electrons. The molecule has 3 nitrogen and oxygen atoms in total. The molecule has 1 amide bonds. The summed E-state index contributed by atoms with van der Waals surface area (Å²) in [6.45, 7) is 2.84. The molecule has 0 radical (unpaired) electrons. The maximum absolute atomic E-state index is 11.3. The monoisotopic (exact) mass is 194 g/mol. The standard InChI is InChI=1S/C11H18N2O/c1-3-7-12-8-11(14)13-9(2)10-5-4-6-10/h1,9-10,12H,4-8H2,2H3,(H,13,14). The largest absolute Gasteiger partial charge is 0.352 e. The number of rotatable bonds is 5. The van der Waals surface area contributed by atoms with Gasteiger partial charge in [-0.25, -0.2) is 0 Å². The number of amides is 1. The van der Waals surface area contributed by atoms with Gasteiger partial charge in [-0.3, -0.25) is 10.1 Å². The van der Waals surface area contributed by atoms with E-state index in [0.29, 0.717) is 25.0 Å². The zero-order valence-electron chi connectivity index (χ0n) is 8.68. The molecule has 14 heavy (non-hydrogen) atoms. The maximum Gasteiger partial charge on any atom is 0.234 e. The third-order valence-electron chi connectivity index (χ3n) is 2.76. The highest BCUT2D eigenvalue weighted by Gasteiger charge is 2.24. The number of nitrogens with one attached hydrogen (secondary N) is 2. The molecule has 0 saturated heterocycles. The van der Waals surface area contributed by atoms with Gasteiger partial charge in [0.05, 0.1) is 13.1 Å². The van der Waals surface area contributed by atoms with Crippen molar-refractivity contribution in [2.24, 2.45) is 5.92 Å². The van der Waals surface area contributed by atoms with Gasteiger partial charge in [-0.2, -0.15) is 0 Å². The van der Waals surface area contributed by atoms with Crippen LogP contribution in [0.4, 0.5) is 0 Å². The first-order chi connectivity index (χ1) is 6.74. The molecular weight excluding hydrogens is 176 g/mol. The van der Waals surface area contributed by atoms with Crippen LogP contribution in [0.3, 0.4) is 0 Å². The van der Waals surface area contributed by atoms with E-state index in [-0.39, 0.29) is 5.91 Å². The smallest absolute Gasteiger partial charge is 0.234 e. The third kappa shape index (κ3) is 3.39. The molecule has 1 unspecified atom stereocenters. The van der Waals surface area contributed by atoms with Crippen molar-refractivity contribution in [1.82, 2.24) is 10.6 Å². The summed E-state index contributed by atoms with van der Waals surface area (Å²) < 4.78 is 0. The Kier molecular flexibility index (Phi) is 4.48. The van der Waals surface area contributed by atoms with E-state index >= 15 is 0 Å². The van der Waals surface area contributed by atoms with Crippen molar-refractivity contribution >= 4 is 5.91 Å². The van der Waals surface area contributed by atoms with Crippen LogP contribution < -0.4 is 10.6 Å². The van der Waals surface area contributed by atoms with E-state index in [1.54, 1.807) is 0 Å². The molecule has 0 aromatic rings. The Morgan fingerprint density at radius 2 is 2.36 bits per heavy atom. The van der Waals surface area contributed by atoms with E-state index in [1.165, 1.54) is 19.3 Å². The van der Waals surface area contributed by atoms with Gasteiger partial charge >= 0.3 is 0 Å². The molecule has 0 aliphatic heterocycles. The lowest BCUT2D eigenvalue weighted by Crippen LogP contribution is -2.44. The Labute approximate surface area is 85.6 Å². The summed E-state index contributed by atoms with van der Waals surface area (Å²) in [6, 6.07) is 0.309. The molecule has 3 heteroatoms. The number of terminal acetylenes is 1.